The van der Waals surface area contributed by atoms with Gasteiger partial charge in [-0.1, -0.05) is 0 Å². The number of rotatable bonds is 3. The zero-order chi connectivity index (χ0) is 13.9. The summed E-state index contributed by atoms with van der Waals surface area (Å²) in [5, 5.41) is 2.35. The van der Waals surface area contributed by atoms with Crippen molar-refractivity contribution in [2.75, 3.05) is 5.73 Å². The first-order valence-electron chi connectivity index (χ1n) is 5.65. The average Bonchev–Trinajstić information content (AvgIpc) is 2.25. The topological polar surface area (TPSA) is 85.1 Å². The molecule has 2 unspecified atom stereocenters. The number of nitrogens with zero attached hydrogens (tertiary/aromatic N) is 1. The Bertz CT molecular complexity index is 469. The van der Waals surface area contributed by atoms with Crippen LogP contribution in [0.4, 0.5) is 5.69 Å². The second kappa shape index (κ2) is 5.48. The highest BCUT2D eigenvalue weighted by Gasteiger charge is 2.26. The van der Waals surface area contributed by atoms with Crippen LogP contribution in [-0.2, 0) is 15.6 Å². The monoisotopic (exact) mass is 269 g/mol. The Morgan fingerprint density at radius 3 is 2.61 bits per heavy atom. The van der Waals surface area contributed by atoms with Crippen LogP contribution in [0.2, 0.25) is 0 Å². The van der Waals surface area contributed by atoms with Crippen molar-refractivity contribution in [1.82, 2.24) is 10.3 Å². The number of nitrogens with one attached hydrogen (secondary N) is 1. The molecule has 1 rings (SSSR count). The molecule has 18 heavy (non-hydrogen) atoms. The molecular formula is C12H19N3O2S. The van der Waals surface area contributed by atoms with Gasteiger partial charge >= 0.3 is 0 Å². The van der Waals surface area contributed by atoms with E-state index in [0.717, 1.165) is 0 Å². The third kappa shape index (κ3) is 3.80. The Kier molecular flexibility index (Phi) is 4.45. The summed E-state index contributed by atoms with van der Waals surface area (Å²) in [7, 11) is -1.55. The van der Waals surface area contributed by atoms with Gasteiger partial charge in [0.25, 0.3) is 0 Å². The van der Waals surface area contributed by atoms with Crippen molar-refractivity contribution >= 4 is 22.4 Å². The van der Waals surface area contributed by atoms with E-state index >= 15 is 0 Å². The summed E-state index contributed by atoms with van der Waals surface area (Å²) < 4.78 is 12.2. The van der Waals surface area contributed by atoms with E-state index in [1.165, 1.54) is 6.20 Å². The fourth-order valence-electron chi connectivity index (χ4n) is 1.31. The molecule has 100 valence electrons. The van der Waals surface area contributed by atoms with Crippen LogP contribution in [0.1, 0.15) is 27.7 Å². The number of carbonyl (C=O) groups is 1. The highest BCUT2D eigenvalue weighted by molar-refractivity contribution is 7.86. The van der Waals surface area contributed by atoms with Crippen molar-refractivity contribution in [3.8, 4) is 0 Å². The minimum atomic E-state index is -1.55. The molecule has 1 amide bonds. The van der Waals surface area contributed by atoms with Crippen molar-refractivity contribution < 1.29 is 9.00 Å². The lowest BCUT2D eigenvalue weighted by Gasteiger charge is -2.22. The van der Waals surface area contributed by atoms with E-state index in [9.17, 15) is 9.00 Å². The first-order valence-corrected chi connectivity index (χ1v) is 6.87. The molecule has 6 heteroatoms. The maximum atomic E-state index is 12.2. The minimum absolute atomic E-state index is 0.258. The van der Waals surface area contributed by atoms with Gasteiger partial charge in [-0.2, -0.15) is 0 Å². The number of amides is 1. The molecule has 2 atom stereocenters. The van der Waals surface area contributed by atoms with Gasteiger partial charge in [0, 0.05) is 11.7 Å². The highest BCUT2D eigenvalue weighted by atomic mass is 32.2. The second-order valence-corrected chi connectivity index (χ2v) is 6.77. The lowest BCUT2D eigenvalue weighted by atomic mass is 10.1. The Hall–Kier alpha value is -1.43. The van der Waals surface area contributed by atoms with E-state index < -0.39 is 16.0 Å². The van der Waals surface area contributed by atoms with E-state index in [1.807, 2.05) is 20.8 Å². The van der Waals surface area contributed by atoms with Crippen LogP contribution in [0.3, 0.4) is 0 Å². The minimum Gasteiger partial charge on any atom is -0.396 e. The second-order valence-electron chi connectivity index (χ2n) is 5.08. The number of hydrogen-bond acceptors (Lipinski definition) is 4. The smallest absolute Gasteiger partial charge is 0.236 e. The summed E-state index contributed by atoms with van der Waals surface area (Å²) in [6, 6.07) is 3.28. The van der Waals surface area contributed by atoms with Crippen molar-refractivity contribution in [3.63, 3.8) is 0 Å². The average molecular weight is 269 g/mol. The van der Waals surface area contributed by atoms with Crippen LogP contribution in [0.5, 0.6) is 0 Å². The largest absolute Gasteiger partial charge is 0.396 e. The summed E-state index contributed by atoms with van der Waals surface area (Å²) in [5.74, 6) is -0.272. The van der Waals surface area contributed by atoms with Gasteiger partial charge in [-0.05, 0) is 39.8 Å². The van der Waals surface area contributed by atoms with Gasteiger partial charge in [0.05, 0.1) is 16.5 Å². The number of hydrogen-bond donors (Lipinski definition) is 2. The highest BCUT2D eigenvalue weighted by Crippen LogP contribution is 2.16. The Labute approximate surface area is 110 Å². The summed E-state index contributed by atoms with van der Waals surface area (Å²) in [6.45, 7) is 7.21. The molecule has 1 aromatic heterocycles. The normalized spacial score (nSPS) is 14.9. The zero-order valence-corrected chi connectivity index (χ0v) is 11.9. The van der Waals surface area contributed by atoms with E-state index in [1.54, 1.807) is 19.1 Å². The molecule has 0 saturated heterocycles. The van der Waals surface area contributed by atoms with E-state index in [2.05, 4.69) is 10.3 Å². The standard InChI is InChI=1S/C12H19N3O2S/c1-8(10(16)15-12(2,3)4)18(17)11-9(13)6-5-7-14-11/h5-8H,13H2,1-4H3,(H,15,16). The molecule has 0 spiro atoms. The van der Waals surface area contributed by atoms with Gasteiger partial charge in [-0.25, -0.2) is 4.98 Å². The van der Waals surface area contributed by atoms with E-state index in [-0.39, 0.29) is 16.5 Å². The van der Waals surface area contributed by atoms with Crippen molar-refractivity contribution in [1.29, 1.82) is 0 Å². The maximum Gasteiger partial charge on any atom is 0.236 e. The number of anilines is 1. The molecule has 0 bridgehead atoms. The van der Waals surface area contributed by atoms with Crippen LogP contribution in [0.25, 0.3) is 0 Å². The molecule has 1 aromatic rings. The van der Waals surface area contributed by atoms with Gasteiger partial charge in [0.15, 0.2) is 5.03 Å². The lowest BCUT2D eigenvalue weighted by Crippen LogP contribution is -2.46. The van der Waals surface area contributed by atoms with Crippen LogP contribution in [-0.4, -0.2) is 25.9 Å². The van der Waals surface area contributed by atoms with E-state index in [0.29, 0.717) is 5.69 Å². The Balaban J connectivity index is 2.85. The Morgan fingerprint density at radius 1 is 1.50 bits per heavy atom. The quantitative estimate of drug-likeness (QED) is 0.859. The summed E-state index contributed by atoms with van der Waals surface area (Å²) >= 11 is 0. The van der Waals surface area contributed by atoms with Crippen molar-refractivity contribution in [2.45, 2.75) is 43.5 Å². The molecule has 0 fully saturated rings. The van der Waals surface area contributed by atoms with Gasteiger partial charge in [-0.15, -0.1) is 0 Å². The number of nitrogens with two attached hydrogens (primary N) is 1. The van der Waals surface area contributed by atoms with Crippen LogP contribution >= 0.6 is 0 Å². The van der Waals surface area contributed by atoms with Crippen molar-refractivity contribution in [2.24, 2.45) is 0 Å². The SMILES string of the molecule is CC(C(=O)NC(C)(C)C)S(=O)c1ncccc1N. The number of carbonyl (C=O) groups excluding carboxylic acids is 1. The molecule has 0 aliphatic carbocycles. The first kappa shape index (κ1) is 14.6. The van der Waals surface area contributed by atoms with Crippen LogP contribution < -0.4 is 11.1 Å². The Morgan fingerprint density at radius 2 is 2.11 bits per heavy atom. The molecule has 0 radical (unpaired) electrons. The van der Waals surface area contributed by atoms with Gasteiger partial charge < -0.3 is 11.1 Å². The van der Waals surface area contributed by atoms with E-state index in [4.69, 9.17) is 5.73 Å². The number of pyridine rings is 1. The molecule has 0 aliphatic rings. The maximum absolute atomic E-state index is 12.2. The third-order valence-corrected chi connectivity index (χ3v) is 3.76. The molecule has 0 saturated carbocycles. The van der Waals surface area contributed by atoms with Crippen LogP contribution in [0.15, 0.2) is 23.4 Å². The van der Waals surface area contributed by atoms with Crippen molar-refractivity contribution in [3.05, 3.63) is 18.3 Å². The fourth-order valence-corrected chi connectivity index (χ4v) is 2.36. The molecule has 1 heterocycles. The fraction of sp³-hybridized carbons (Fsp3) is 0.500. The van der Waals surface area contributed by atoms with Gasteiger partial charge in [0.2, 0.25) is 5.91 Å². The predicted molar refractivity (Wildman–Crippen MR) is 72.4 cm³/mol. The number of aromatic nitrogens is 1. The van der Waals surface area contributed by atoms with Gasteiger partial charge in [0.1, 0.15) is 5.25 Å². The third-order valence-electron chi connectivity index (χ3n) is 2.18. The first-order chi connectivity index (χ1) is 8.22. The molecule has 3 N–H and O–H groups in total. The molecule has 0 aromatic carbocycles. The van der Waals surface area contributed by atoms with Gasteiger partial charge in [-0.3, -0.25) is 9.00 Å². The summed E-state index contributed by atoms with van der Waals surface area (Å²) in [4.78, 5) is 15.9. The molecule has 0 aliphatic heterocycles. The van der Waals surface area contributed by atoms with Crippen LogP contribution in [0, 0.1) is 0 Å². The summed E-state index contributed by atoms with van der Waals surface area (Å²) in [6.07, 6.45) is 1.51. The zero-order valence-electron chi connectivity index (χ0n) is 11.1. The number of nitrogen functional groups attached to an aromatic ring is 1. The summed E-state index contributed by atoms with van der Waals surface area (Å²) in [5.41, 5.74) is 5.68. The lowest BCUT2D eigenvalue weighted by molar-refractivity contribution is -0.121. The predicted octanol–water partition coefficient (Wildman–Crippen LogP) is 1.07. The molecular weight excluding hydrogens is 250 g/mol. The molecule has 5 nitrogen and oxygen atoms in total.